The molecule has 4 aromatic rings. The van der Waals surface area contributed by atoms with E-state index in [1.807, 2.05) is 12.1 Å². The first kappa shape index (κ1) is 15.4. The number of hydrogen-bond donors (Lipinski definition) is 2. The Bertz CT molecular complexity index is 1070. The van der Waals surface area contributed by atoms with E-state index in [4.69, 9.17) is 0 Å². The fraction of sp³-hybridized carbons (Fsp3) is 0.188. The fourth-order valence-corrected chi connectivity index (χ4v) is 3.27. The van der Waals surface area contributed by atoms with Crippen LogP contribution in [0.2, 0.25) is 0 Å². The largest absolute Gasteiger partial charge is 0.348 e. The molecule has 1 unspecified atom stereocenters. The zero-order valence-corrected chi connectivity index (χ0v) is 14.0. The number of carbonyl (C=O) groups is 1. The summed E-state index contributed by atoms with van der Waals surface area (Å²) in [4.78, 5) is 31.0. The lowest BCUT2D eigenvalue weighted by atomic mass is 9.96. The number of hydrogen-bond acceptors (Lipinski definition) is 7. The fourth-order valence-electron chi connectivity index (χ4n) is 3.27. The van der Waals surface area contributed by atoms with Crippen LogP contribution in [-0.2, 0) is 6.42 Å². The van der Waals surface area contributed by atoms with Crippen LogP contribution >= 0.6 is 0 Å². The minimum atomic E-state index is -0.343. The molecule has 2 N–H and O–H groups in total. The molecular weight excluding hydrogens is 348 g/mol. The highest BCUT2D eigenvalue weighted by molar-refractivity contribution is 5.91. The first-order valence-corrected chi connectivity index (χ1v) is 8.31. The summed E-state index contributed by atoms with van der Waals surface area (Å²) in [6.45, 7) is 0.524. The molecule has 5 heterocycles. The second-order valence-corrected chi connectivity index (χ2v) is 6.06. The van der Waals surface area contributed by atoms with Gasteiger partial charge in [0, 0.05) is 31.1 Å². The highest BCUT2D eigenvalue weighted by atomic mass is 16.2. The summed E-state index contributed by atoms with van der Waals surface area (Å²) in [5.74, 6) is 0.189. The lowest BCUT2D eigenvalue weighted by Gasteiger charge is -2.34. The molecule has 0 saturated carbocycles. The average Bonchev–Trinajstić information content (AvgIpc) is 3.48. The maximum atomic E-state index is 13.2. The van der Waals surface area contributed by atoms with Gasteiger partial charge in [0.15, 0.2) is 0 Å². The lowest BCUT2D eigenvalue weighted by Crippen LogP contribution is -2.41. The third-order valence-corrected chi connectivity index (χ3v) is 4.51. The van der Waals surface area contributed by atoms with E-state index < -0.39 is 0 Å². The zero-order valence-electron chi connectivity index (χ0n) is 14.0. The van der Waals surface area contributed by atoms with Crippen molar-refractivity contribution >= 4 is 5.91 Å². The molecule has 0 bridgehead atoms. The quantitative estimate of drug-likeness (QED) is 0.535. The maximum Gasteiger partial charge on any atom is 0.292 e. The monoisotopic (exact) mass is 362 g/mol. The summed E-state index contributed by atoms with van der Waals surface area (Å²) in [7, 11) is 0. The van der Waals surface area contributed by atoms with Gasteiger partial charge in [-0.05, 0) is 11.6 Å². The molecule has 1 aliphatic rings. The van der Waals surface area contributed by atoms with Crippen molar-refractivity contribution in [1.29, 1.82) is 0 Å². The van der Waals surface area contributed by atoms with Gasteiger partial charge >= 0.3 is 0 Å². The van der Waals surface area contributed by atoms with E-state index in [2.05, 4.69) is 40.3 Å². The molecule has 0 aromatic carbocycles. The van der Waals surface area contributed by atoms with E-state index in [1.165, 1.54) is 17.2 Å². The summed E-state index contributed by atoms with van der Waals surface area (Å²) < 4.78 is 1.52. The second kappa shape index (κ2) is 6.12. The van der Waals surface area contributed by atoms with Gasteiger partial charge in [-0.15, -0.1) is 15.3 Å². The molecule has 0 radical (unpaired) electrons. The van der Waals surface area contributed by atoms with Crippen molar-refractivity contribution in [3.8, 4) is 5.95 Å². The van der Waals surface area contributed by atoms with Crippen molar-refractivity contribution in [3.63, 3.8) is 0 Å². The normalized spacial score (nSPS) is 16.3. The zero-order chi connectivity index (χ0) is 18.2. The Morgan fingerprint density at radius 3 is 2.96 bits per heavy atom. The molecule has 0 aliphatic carbocycles. The standard InChI is InChI=1S/C16H14N10O/c27-15(14-22-16(24-23-14)25-8-20-21-9-25)26-5-3-11-12(19-7-18-11)13(26)10-2-1-4-17-6-10/h1-2,4,6-9,13H,3,5H2,(H,18,19)(H,22,23,24). The van der Waals surface area contributed by atoms with Crippen LogP contribution < -0.4 is 0 Å². The number of rotatable bonds is 3. The molecule has 1 amide bonds. The molecule has 0 spiro atoms. The topological polar surface area (TPSA) is 134 Å². The molecule has 0 fully saturated rings. The minimum Gasteiger partial charge on any atom is -0.348 e. The van der Waals surface area contributed by atoms with E-state index in [0.29, 0.717) is 18.9 Å². The Morgan fingerprint density at radius 1 is 1.26 bits per heavy atom. The van der Waals surface area contributed by atoms with Gasteiger partial charge in [-0.25, -0.2) is 4.98 Å². The Morgan fingerprint density at radius 2 is 2.15 bits per heavy atom. The van der Waals surface area contributed by atoms with Crippen LogP contribution in [0.4, 0.5) is 0 Å². The minimum absolute atomic E-state index is 0.145. The Labute approximate surface area is 152 Å². The van der Waals surface area contributed by atoms with Crippen molar-refractivity contribution in [3.05, 3.63) is 66.3 Å². The number of aromatic amines is 2. The van der Waals surface area contributed by atoms with Gasteiger partial charge in [-0.1, -0.05) is 6.07 Å². The van der Waals surface area contributed by atoms with Crippen molar-refractivity contribution in [1.82, 2.24) is 49.8 Å². The SMILES string of the molecule is O=C(c1nc(-n2cnnc2)n[nH]1)N1CCc2[nH]cnc2C1c1cccnc1. The lowest BCUT2D eigenvalue weighted by molar-refractivity contribution is 0.0678. The van der Waals surface area contributed by atoms with Crippen molar-refractivity contribution in [2.45, 2.75) is 12.5 Å². The first-order chi connectivity index (χ1) is 13.3. The summed E-state index contributed by atoms with van der Waals surface area (Å²) in [6, 6.07) is 3.44. The van der Waals surface area contributed by atoms with Gasteiger partial charge in [-0.2, -0.15) is 4.98 Å². The van der Waals surface area contributed by atoms with E-state index in [9.17, 15) is 4.79 Å². The number of nitrogens with zero attached hydrogens (tertiary/aromatic N) is 8. The number of carbonyl (C=O) groups excluding carboxylic acids is 1. The summed E-state index contributed by atoms with van der Waals surface area (Å²) in [5, 5.41) is 14.2. The van der Waals surface area contributed by atoms with Crippen LogP contribution in [-0.4, -0.2) is 62.2 Å². The molecule has 1 atom stereocenters. The van der Waals surface area contributed by atoms with Crippen LogP contribution in [0.5, 0.6) is 0 Å². The molecule has 134 valence electrons. The Kier molecular flexibility index (Phi) is 3.49. The number of H-pyrrole nitrogens is 2. The highest BCUT2D eigenvalue weighted by Gasteiger charge is 2.35. The molecule has 1 aliphatic heterocycles. The van der Waals surface area contributed by atoms with Crippen LogP contribution in [0, 0.1) is 0 Å². The van der Waals surface area contributed by atoms with Crippen molar-refractivity contribution in [2.24, 2.45) is 0 Å². The average molecular weight is 362 g/mol. The van der Waals surface area contributed by atoms with E-state index in [1.54, 1.807) is 23.6 Å². The molecule has 11 heteroatoms. The third-order valence-electron chi connectivity index (χ3n) is 4.51. The number of nitrogens with one attached hydrogen (secondary N) is 2. The van der Waals surface area contributed by atoms with Crippen molar-refractivity contribution < 1.29 is 4.79 Å². The summed E-state index contributed by atoms with van der Waals surface area (Å²) in [6.07, 6.45) is 8.72. The smallest absolute Gasteiger partial charge is 0.292 e. The summed E-state index contributed by atoms with van der Waals surface area (Å²) in [5.41, 5.74) is 2.73. The van der Waals surface area contributed by atoms with Crippen molar-refractivity contribution in [2.75, 3.05) is 6.54 Å². The number of fused-ring (bicyclic) bond motifs is 1. The van der Waals surface area contributed by atoms with Crippen LogP contribution in [0.15, 0.2) is 43.5 Å². The predicted octanol–water partition coefficient (Wildman–Crippen LogP) is 0.291. The summed E-state index contributed by atoms with van der Waals surface area (Å²) >= 11 is 0. The van der Waals surface area contributed by atoms with E-state index >= 15 is 0 Å². The van der Waals surface area contributed by atoms with E-state index in [-0.39, 0.29) is 17.8 Å². The van der Waals surface area contributed by atoms with Gasteiger partial charge < -0.3 is 9.88 Å². The molecular formula is C16H14N10O. The van der Waals surface area contributed by atoms with Gasteiger partial charge in [0.25, 0.3) is 11.9 Å². The predicted molar refractivity (Wildman–Crippen MR) is 90.7 cm³/mol. The van der Waals surface area contributed by atoms with Gasteiger partial charge in [0.2, 0.25) is 5.82 Å². The van der Waals surface area contributed by atoms with Crippen LogP contribution in [0.1, 0.15) is 33.6 Å². The highest BCUT2D eigenvalue weighted by Crippen LogP contribution is 2.33. The van der Waals surface area contributed by atoms with Crippen LogP contribution in [0.3, 0.4) is 0 Å². The van der Waals surface area contributed by atoms with Crippen LogP contribution in [0.25, 0.3) is 5.95 Å². The molecule has 27 heavy (non-hydrogen) atoms. The van der Waals surface area contributed by atoms with Gasteiger partial charge in [-0.3, -0.25) is 19.4 Å². The molecule has 4 aromatic heterocycles. The molecule has 0 saturated heterocycles. The second-order valence-electron chi connectivity index (χ2n) is 6.06. The van der Waals surface area contributed by atoms with Gasteiger partial charge in [0.05, 0.1) is 12.0 Å². The molecule has 11 nitrogen and oxygen atoms in total. The number of imidazole rings is 1. The first-order valence-electron chi connectivity index (χ1n) is 8.31. The Hall–Kier alpha value is -3.89. The van der Waals surface area contributed by atoms with Gasteiger partial charge in [0.1, 0.15) is 18.7 Å². The third kappa shape index (κ3) is 2.56. The number of aromatic nitrogens is 9. The van der Waals surface area contributed by atoms with E-state index in [0.717, 1.165) is 17.0 Å². The number of amides is 1. The molecule has 5 rings (SSSR count). The number of pyridine rings is 1. The maximum absolute atomic E-state index is 13.2. The Balaban J connectivity index is 1.52.